The summed E-state index contributed by atoms with van der Waals surface area (Å²) < 4.78 is 17.8. The third-order valence-electron chi connectivity index (χ3n) is 3.83. The zero-order valence-corrected chi connectivity index (χ0v) is 14.3. The molecule has 0 radical (unpaired) electrons. The van der Waals surface area contributed by atoms with Gasteiger partial charge in [0.25, 0.3) is 0 Å². The van der Waals surface area contributed by atoms with Crippen LogP contribution in [0.2, 0.25) is 0 Å². The Labute approximate surface area is 146 Å². The first-order valence-corrected chi connectivity index (χ1v) is 8.14. The van der Waals surface area contributed by atoms with Crippen molar-refractivity contribution >= 4 is 11.7 Å². The highest BCUT2D eigenvalue weighted by Gasteiger charge is 2.16. The molecule has 134 valence electrons. The molecule has 1 aliphatic rings. The van der Waals surface area contributed by atoms with Crippen LogP contribution in [-0.4, -0.2) is 42.7 Å². The quantitative estimate of drug-likeness (QED) is 0.837. The van der Waals surface area contributed by atoms with Crippen LogP contribution in [0, 0.1) is 0 Å². The normalized spacial score (nSPS) is 14.0. The number of carbonyl (C=O) groups excluding carboxylic acids is 1. The summed E-state index contributed by atoms with van der Waals surface area (Å²) in [5.74, 6) is 1.44. The Hall–Kier alpha value is -2.74. The van der Waals surface area contributed by atoms with Gasteiger partial charge in [-0.15, -0.1) is 0 Å². The Bertz CT molecular complexity index is 731. The van der Waals surface area contributed by atoms with Gasteiger partial charge in [-0.1, -0.05) is 6.07 Å². The molecular weight excluding hydrogens is 324 g/mol. The van der Waals surface area contributed by atoms with Crippen LogP contribution in [0.3, 0.4) is 0 Å². The summed E-state index contributed by atoms with van der Waals surface area (Å²) in [5, 5.41) is 9.82. The van der Waals surface area contributed by atoms with E-state index < -0.39 is 0 Å². The van der Waals surface area contributed by atoms with Crippen LogP contribution in [-0.2, 0) is 11.3 Å². The Kier molecular flexibility index (Phi) is 5.39. The fourth-order valence-electron chi connectivity index (χ4n) is 2.51. The van der Waals surface area contributed by atoms with Crippen LogP contribution in [0.5, 0.6) is 11.5 Å². The lowest BCUT2D eigenvalue weighted by Crippen LogP contribution is -2.31. The molecule has 0 saturated heterocycles. The highest BCUT2D eigenvalue weighted by molar-refractivity contribution is 5.89. The number of hydrogen-bond donors (Lipinski definition) is 2. The lowest BCUT2D eigenvalue weighted by molar-refractivity contribution is 0.171. The van der Waals surface area contributed by atoms with Crippen LogP contribution in [0.15, 0.2) is 30.6 Å². The molecule has 1 atom stereocenters. The van der Waals surface area contributed by atoms with Crippen LogP contribution >= 0.6 is 0 Å². The number of methoxy groups -OCH3 is 1. The molecule has 0 aliphatic carbocycles. The fraction of sp³-hybridized carbons (Fsp3) is 0.412. The van der Waals surface area contributed by atoms with Gasteiger partial charge in [0.1, 0.15) is 13.2 Å². The number of ether oxygens (including phenoxy) is 3. The standard InChI is InChI=1S/C17H22N4O4/c1-12(13-3-4-15-16(9-13)25-8-7-24-15)19-17(22)20-14-10-18-21(11-14)5-6-23-2/h3-4,9-12H,5-8H2,1-2H3,(H2,19,20,22). The van der Waals surface area contributed by atoms with E-state index in [0.29, 0.717) is 37.8 Å². The summed E-state index contributed by atoms with van der Waals surface area (Å²) in [5.41, 5.74) is 1.57. The highest BCUT2D eigenvalue weighted by atomic mass is 16.6. The molecule has 0 bridgehead atoms. The highest BCUT2D eigenvalue weighted by Crippen LogP contribution is 2.32. The summed E-state index contributed by atoms with van der Waals surface area (Å²) in [6.07, 6.45) is 3.36. The molecule has 2 aromatic rings. The zero-order valence-electron chi connectivity index (χ0n) is 14.3. The minimum absolute atomic E-state index is 0.181. The van der Waals surface area contributed by atoms with Crippen molar-refractivity contribution in [3.8, 4) is 11.5 Å². The molecule has 25 heavy (non-hydrogen) atoms. The van der Waals surface area contributed by atoms with Crippen molar-refractivity contribution in [2.45, 2.75) is 19.5 Å². The Balaban J connectivity index is 1.56. The SMILES string of the molecule is COCCn1cc(NC(=O)NC(C)c2ccc3c(c2)OCCO3)cn1. The van der Waals surface area contributed by atoms with Crippen LogP contribution in [0.1, 0.15) is 18.5 Å². The number of nitrogens with zero attached hydrogens (tertiary/aromatic N) is 2. The van der Waals surface area contributed by atoms with E-state index in [-0.39, 0.29) is 12.1 Å². The molecule has 8 heteroatoms. The number of urea groups is 1. The minimum Gasteiger partial charge on any atom is -0.486 e. The number of hydrogen-bond acceptors (Lipinski definition) is 5. The molecule has 1 aliphatic heterocycles. The van der Waals surface area contributed by atoms with Gasteiger partial charge in [0, 0.05) is 13.3 Å². The number of aromatic nitrogens is 2. The van der Waals surface area contributed by atoms with E-state index in [4.69, 9.17) is 14.2 Å². The van der Waals surface area contributed by atoms with Crippen molar-refractivity contribution in [2.75, 3.05) is 32.2 Å². The van der Waals surface area contributed by atoms with E-state index in [2.05, 4.69) is 15.7 Å². The summed E-state index contributed by atoms with van der Waals surface area (Å²) in [6.45, 7) is 4.20. The van der Waals surface area contributed by atoms with Gasteiger partial charge < -0.3 is 24.8 Å². The average molecular weight is 346 g/mol. The maximum Gasteiger partial charge on any atom is 0.319 e. The maximum absolute atomic E-state index is 12.2. The van der Waals surface area contributed by atoms with E-state index >= 15 is 0 Å². The van der Waals surface area contributed by atoms with Crippen molar-refractivity contribution in [2.24, 2.45) is 0 Å². The maximum atomic E-state index is 12.2. The van der Waals surface area contributed by atoms with E-state index in [1.54, 1.807) is 24.2 Å². The van der Waals surface area contributed by atoms with Crippen molar-refractivity contribution in [1.29, 1.82) is 0 Å². The summed E-state index contributed by atoms with van der Waals surface area (Å²) in [7, 11) is 1.63. The van der Waals surface area contributed by atoms with Gasteiger partial charge in [-0.25, -0.2) is 4.79 Å². The first-order chi connectivity index (χ1) is 12.2. The number of rotatable bonds is 6. The number of amides is 2. The third kappa shape index (κ3) is 4.42. The molecule has 2 heterocycles. The molecule has 0 saturated carbocycles. The Morgan fingerprint density at radius 2 is 2.16 bits per heavy atom. The van der Waals surface area contributed by atoms with Gasteiger partial charge >= 0.3 is 6.03 Å². The predicted molar refractivity (Wildman–Crippen MR) is 92.1 cm³/mol. The summed E-state index contributed by atoms with van der Waals surface area (Å²) >= 11 is 0. The van der Waals surface area contributed by atoms with Gasteiger partial charge in [-0.3, -0.25) is 4.68 Å². The van der Waals surface area contributed by atoms with Gasteiger partial charge in [-0.05, 0) is 24.6 Å². The largest absolute Gasteiger partial charge is 0.486 e. The molecule has 8 nitrogen and oxygen atoms in total. The Morgan fingerprint density at radius 1 is 1.36 bits per heavy atom. The van der Waals surface area contributed by atoms with Crippen molar-refractivity contribution in [1.82, 2.24) is 15.1 Å². The number of nitrogens with one attached hydrogen (secondary N) is 2. The van der Waals surface area contributed by atoms with Crippen molar-refractivity contribution in [3.63, 3.8) is 0 Å². The lowest BCUT2D eigenvalue weighted by Gasteiger charge is -2.21. The lowest BCUT2D eigenvalue weighted by atomic mass is 10.1. The van der Waals surface area contributed by atoms with Crippen LogP contribution in [0.4, 0.5) is 10.5 Å². The zero-order chi connectivity index (χ0) is 17.6. The molecule has 3 rings (SSSR count). The smallest absolute Gasteiger partial charge is 0.319 e. The summed E-state index contributed by atoms with van der Waals surface area (Å²) in [4.78, 5) is 12.2. The van der Waals surface area contributed by atoms with Gasteiger partial charge in [-0.2, -0.15) is 5.10 Å². The molecule has 0 spiro atoms. The van der Waals surface area contributed by atoms with Crippen molar-refractivity contribution in [3.05, 3.63) is 36.2 Å². The number of carbonyl (C=O) groups is 1. The fourth-order valence-corrected chi connectivity index (χ4v) is 2.51. The van der Waals surface area contributed by atoms with E-state index in [9.17, 15) is 4.79 Å². The second kappa shape index (κ2) is 7.89. The molecule has 1 unspecified atom stereocenters. The first kappa shape index (κ1) is 17.1. The molecule has 1 aromatic heterocycles. The molecule has 2 N–H and O–H groups in total. The van der Waals surface area contributed by atoms with Crippen molar-refractivity contribution < 1.29 is 19.0 Å². The van der Waals surface area contributed by atoms with Gasteiger partial charge in [0.2, 0.25) is 0 Å². The molecule has 1 aromatic carbocycles. The summed E-state index contributed by atoms with van der Waals surface area (Å²) in [6, 6.07) is 5.19. The average Bonchev–Trinajstić information content (AvgIpc) is 3.06. The second-order valence-corrected chi connectivity index (χ2v) is 5.71. The van der Waals surface area contributed by atoms with Gasteiger partial charge in [0.15, 0.2) is 11.5 Å². The number of fused-ring (bicyclic) bond motifs is 1. The monoisotopic (exact) mass is 346 g/mol. The topological polar surface area (TPSA) is 86.6 Å². The molecular formula is C17H22N4O4. The third-order valence-corrected chi connectivity index (χ3v) is 3.83. The predicted octanol–water partition coefficient (Wildman–Crippen LogP) is 2.18. The second-order valence-electron chi connectivity index (χ2n) is 5.71. The minimum atomic E-state index is -0.298. The Morgan fingerprint density at radius 3 is 2.96 bits per heavy atom. The van der Waals surface area contributed by atoms with Crippen LogP contribution in [0.25, 0.3) is 0 Å². The number of anilines is 1. The van der Waals surface area contributed by atoms with Gasteiger partial charge in [0.05, 0.1) is 31.1 Å². The van der Waals surface area contributed by atoms with Crippen LogP contribution < -0.4 is 20.1 Å². The van der Waals surface area contributed by atoms with E-state index in [1.807, 2.05) is 25.1 Å². The number of benzene rings is 1. The van der Waals surface area contributed by atoms with E-state index in [0.717, 1.165) is 11.3 Å². The van der Waals surface area contributed by atoms with E-state index in [1.165, 1.54) is 0 Å². The molecule has 2 amide bonds. The first-order valence-electron chi connectivity index (χ1n) is 8.14. The molecule has 0 fully saturated rings.